The first-order valence-corrected chi connectivity index (χ1v) is 10.1. The lowest BCUT2D eigenvalue weighted by atomic mass is 9.76. The fourth-order valence-corrected chi connectivity index (χ4v) is 2.89. The van der Waals surface area contributed by atoms with E-state index in [1.165, 1.54) is 13.2 Å². The smallest absolute Gasteiger partial charge is 0.492 e. The quantitative estimate of drug-likeness (QED) is 0.520. The molecule has 0 radical (unpaired) electrons. The second kappa shape index (κ2) is 8.92. The van der Waals surface area contributed by atoms with Crippen LogP contribution >= 0.6 is 0 Å². The molecule has 1 fully saturated rings. The number of hydrogen-bond acceptors (Lipinski definition) is 7. The molecule has 1 aliphatic heterocycles. The largest absolute Gasteiger partial charge is 0.504 e. The molecule has 170 valence electrons. The van der Waals surface area contributed by atoms with Gasteiger partial charge in [-0.15, -0.1) is 0 Å². The van der Waals surface area contributed by atoms with Crippen LogP contribution in [0.1, 0.15) is 64.4 Å². The molecule has 0 spiro atoms. The van der Waals surface area contributed by atoms with Gasteiger partial charge in [0.1, 0.15) is 5.60 Å². The second-order valence-electron chi connectivity index (χ2n) is 9.40. The van der Waals surface area contributed by atoms with Crippen molar-refractivity contribution in [3.63, 3.8) is 0 Å². The van der Waals surface area contributed by atoms with Crippen molar-refractivity contribution in [2.45, 2.75) is 65.3 Å². The summed E-state index contributed by atoms with van der Waals surface area (Å²) >= 11 is 0. The summed E-state index contributed by atoms with van der Waals surface area (Å²) in [6, 6.07) is 3.05. The first-order valence-electron chi connectivity index (χ1n) is 10.1. The van der Waals surface area contributed by atoms with E-state index >= 15 is 0 Å². The van der Waals surface area contributed by atoms with Crippen molar-refractivity contribution in [3.8, 4) is 11.5 Å². The van der Waals surface area contributed by atoms with Gasteiger partial charge < -0.3 is 29.2 Å². The number of aldehydes is 1. The molecular weight excluding hydrogens is 401 g/mol. The lowest BCUT2D eigenvalue weighted by Crippen LogP contribution is -2.41. The summed E-state index contributed by atoms with van der Waals surface area (Å²) in [6.45, 7) is 12.9. The van der Waals surface area contributed by atoms with E-state index in [2.05, 4.69) is 5.32 Å². The highest BCUT2D eigenvalue weighted by atomic mass is 16.7. The van der Waals surface area contributed by atoms with Crippen molar-refractivity contribution in [2.75, 3.05) is 13.7 Å². The molecule has 9 heteroatoms. The van der Waals surface area contributed by atoms with Gasteiger partial charge in [-0.2, -0.15) is 0 Å². The summed E-state index contributed by atoms with van der Waals surface area (Å²) in [5, 5.41) is 13.3. The first kappa shape index (κ1) is 24.8. The van der Waals surface area contributed by atoms with Gasteiger partial charge in [0.05, 0.1) is 18.3 Å². The maximum atomic E-state index is 12.2. The number of amides is 1. The molecule has 0 bridgehead atoms. The Hall–Kier alpha value is -2.52. The number of alkyl carbamates (subject to hydrolysis) is 1. The summed E-state index contributed by atoms with van der Waals surface area (Å²) in [6.07, 6.45) is 1.59. The molecule has 1 aromatic rings. The minimum Gasteiger partial charge on any atom is -0.504 e. The van der Waals surface area contributed by atoms with Gasteiger partial charge in [-0.25, -0.2) is 4.79 Å². The molecule has 1 saturated heterocycles. The third-order valence-electron chi connectivity index (χ3n) is 5.28. The van der Waals surface area contributed by atoms with Crippen LogP contribution in [0.4, 0.5) is 4.79 Å². The molecule has 1 aromatic carbocycles. The van der Waals surface area contributed by atoms with Crippen molar-refractivity contribution < 1.29 is 33.5 Å². The summed E-state index contributed by atoms with van der Waals surface area (Å²) in [4.78, 5) is 23.8. The fraction of sp³-hybridized carbons (Fsp3) is 0.545. The maximum absolute atomic E-state index is 12.2. The van der Waals surface area contributed by atoms with Gasteiger partial charge in [0.2, 0.25) is 0 Å². The van der Waals surface area contributed by atoms with Crippen LogP contribution < -0.4 is 10.1 Å². The predicted octanol–water partition coefficient (Wildman–Crippen LogP) is 3.75. The van der Waals surface area contributed by atoms with Crippen LogP contribution in [0.15, 0.2) is 17.6 Å². The number of nitrogens with one attached hydrogen (secondary N) is 1. The predicted molar refractivity (Wildman–Crippen MR) is 118 cm³/mol. The number of ether oxygens (including phenoxy) is 2. The molecule has 0 atom stereocenters. The van der Waals surface area contributed by atoms with E-state index in [0.717, 1.165) is 0 Å². The lowest BCUT2D eigenvalue weighted by molar-refractivity contribution is 0.00578. The summed E-state index contributed by atoms with van der Waals surface area (Å²) < 4.78 is 22.7. The first-order chi connectivity index (χ1) is 14.2. The van der Waals surface area contributed by atoms with E-state index in [9.17, 15) is 14.7 Å². The molecule has 31 heavy (non-hydrogen) atoms. The molecule has 0 aromatic heterocycles. The molecular formula is C22H32BNO7. The molecule has 0 saturated carbocycles. The van der Waals surface area contributed by atoms with Crippen molar-refractivity contribution in [3.05, 3.63) is 28.7 Å². The number of benzene rings is 1. The number of rotatable bonds is 6. The van der Waals surface area contributed by atoms with E-state index in [4.69, 9.17) is 18.8 Å². The Kier molecular flexibility index (Phi) is 7.12. The van der Waals surface area contributed by atoms with Crippen LogP contribution in [0.5, 0.6) is 11.5 Å². The highest BCUT2D eigenvalue weighted by Crippen LogP contribution is 2.40. The highest BCUT2D eigenvalue weighted by molar-refractivity contribution is 6.56. The van der Waals surface area contributed by atoms with E-state index in [1.807, 2.05) is 27.7 Å². The van der Waals surface area contributed by atoms with Crippen LogP contribution in [0.2, 0.25) is 0 Å². The number of phenols is 1. The van der Waals surface area contributed by atoms with Gasteiger partial charge in [0.15, 0.2) is 17.8 Å². The van der Waals surface area contributed by atoms with Gasteiger partial charge in [-0.05, 0) is 66.1 Å². The highest BCUT2D eigenvalue weighted by Gasteiger charge is 2.52. The average molecular weight is 433 g/mol. The van der Waals surface area contributed by atoms with Crippen molar-refractivity contribution in [1.29, 1.82) is 0 Å². The van der Waals surface area contributed by atoms with Crippen LogP contribution in [-0.4, -0.2) is 55.1 Å². The van der Waals surface area contributed by atoms with Gasteiger partial charge in [-0.1, -0.05) is 6.08 Å². The molecule has 8 nitrogen and oxygen atoms in total. The Bertz CT molecular complexity index is 855. The standard InChI is InChI=1S/C22H32BNO7/c1-20(2,3)29-19(27)24-12-15(23-30-21(4,5)22(6,7)31-23)11-16-14(13-25)9-10-17(28-8)18(16)26/h9-11,13,26H,12H2,1-8H3,(H,24,27). The van der Waals surface area contributed by atoms with E-state index in [1.54, 1.807) is 32.9 Å². The Morgan fingerprint density at radius 1 is 1.19 bits per heavy atom. The van der Waals surface area contributed by atoms with Crippen LogP contribution in [-0.2, 0) is 14.0 Å². The Balaban J connectivity index is 2.46. The number of aromatic hydroxyl groups is 1. The zero-order chi connectivity index (χ0) is 23.6. The number of hydrogen-bond donors (Lipinski definition) is 2. The van der Waals surface area contributed by atoms with Crippen LogP contribution in [0.25, 0.3) is 6.08 Å². The third kappa shape index (κ3) is 5.80. The average Bonchev–Trinajstić information content (AvgIpc) is 2.85. The number of phenolic OH excluding ortho intramolecular Hbond substituents is 1. The number of methoxy groups -OCH3 is 1. The molecule has 1 aliphatic rings. The number of carbonyl (C=O) groups is 2. The van der Waals surface area contributed by atoms with E-state index in [0.29, 0.717) is 11.8 Å². The van der Waals surface area contributed by atoms with Crippen molar-refractivity contribution in [2.24, 2.45) is 0 Å². The summed E-state index contributed by atoms with van der Waals surface area (Å²) in [7, 11) is 0.604. The minimum atomic E-state index is -0.815. The molecule has 1 heterocycles. The molecule has 2 N–H and O–H groups in total. The van der Waals surface area contributed by atoms with E-state index in [-0.39, 0.29) is 29.2 Å². The van der Waals surface area contributed by atoms with Crippen molar-refractivity contribution >= 4 is 25.6 Å². The zero-order valence-corrected chi connectivity index (χ0v) is 19.5. The Morgan fingerprint density at radius 3 is 2.26 bits per heavy atom. The van der Waals surface area contributed by atoms with Crippen LogP contribution in [0.3, 0.4) is 0 Å². The molecule has 2 rings (SSSR count). The van der Waals surface area contributed by atoms with E-state index < -0.39 is 30.0 Å². The summed E-state index contributed by atoms with van der Waals surface area (Å²) in [5.41, 5.74) is -0.904. The second-order valence-corrected chi connectivity index (χ2v) is 9.40. The molecule has 0 unspecified atom stereocenters. The van der Waals surface area contributed by atoms with Crippen LogP contribution in [0, 0.1) is 0 Å². The monoisotopic (exact) mass is 433 g/mol. The van der Waals surface area contributed by atoms with Gasteiger partial charge in [0.25, 0.3) is 0 Å². The Morgan fingerprint density at radius 2 is 1.77 bits per heavy atom. The zero-order valence-electron chi connectivity index (χ0n) is 19.5. The normalized spacial score (nSPS) is 17.9. The van der Waals surface area contributed by atoms with Gasteiger partial charge in [-0.3, -0.25) is 4.79 Å². The minimum absolute atomic E-state index is 0.0146. The van der Waals surface area contributed by atoms with Gasteiger partial charge in [0, 0.05) is 17.7 Å². The molecule has 0 aliphatic carbocycles. The lowest BCUT2D eigenvalue weighted by Gasteiger charge is -2.32. The third-order valence-corrected chi connectivity index (χ3v) is 5.28. The topological polar surface area (TPSA) is 103 Å². The maximum Gasteiger partial charge on any atom is 0.492 e. The fourth-order valence-electron chi connectivity index (χ4n) is 2.89. The van der Waals surface area contributed by atoms with Gasteiger partial charge >= 0.3 is 13.2 Å². The molecule has 1 amide bonds. The summed E-state index contributed by atoms with van der Waals surface area (Å²) in [5.74, 6) is 0.0172. The number of carbonyl (C=O) groups excluding carboxylic acids is 2. The van der Waals surface area contributed by atoms with Crippen molar-refractivity contribution in [1.82, 2.24) is 5.32 Å². The SMILES string of the molecule is COc1ccc(C=O)c(C=C(CNC(=O)OC(C)(C)C)B2OC(C)(C)C(C)(C)O2)c1O. The Labute approximate surface area is 184 Å².